The first kappa shape index (κ1) is 29.5. The summed E-state index contributed by atoms with van der Waals surface area (Å²) in [6, 6.07) is 4.12. The quantitative estimate of drug-likeness (QED) is 0.224. The normalized spacial score (nSPS) is 23.5. The number of nitrogens with one attached hydrogen (secondary N) is 2. The number of halogens is 1. The van der Waals surface area contributed by atoms with Crippen molar-refractivity contribution in [1.29, 1.82) is 0 Å². The Balaban J connectivity index is 1.78. The van der Waals surface area contributed by atoms with Crippen LogP contribution in [0, 0.1) is 11.8 Å². The first-order valence-corrected chi connectivity index (χ1v) is 18.1. The van der Waals surface area contributed by atoms with Crippen LogP contribution in [0.2, 0.25) is 18.1 Å². The lowest BCUT2D eigenvalue weighted by atomic mass is 9.76. The van der Waals surface area contributed by atoms with E-state index in [0.717, 1.165) is 32.1 Å². The number of ketones is 1. The van der Waals surface area contributed by atoms with E-state index < -0.39 is 30.2 Å². The molecule has 1 heterocycles. The molecule has 0 spiro atoms. The van der Waals surface area contributed by atoms with Gasteiger partial charge in [0.2, 0.25) is 15.9 Å². The summed E-state index contributed by atoms with van der Waals surface area (Å²) < 4.78 is 35.9. The Labute approximate surface area is 225 Å². The lowest BCUT2D eigenvalue weighted by molar-refractivity contribution is -0.141. The largest absolute Gasteiger partial charge is 0.413 e. The van der Waals surface area contributed by atoms with Crippen LogP contribution >= 0.6 is 15.9 Å². The van der Waals surface area contributed by atoms with E-state index in [9.17, 15) is 18.0 Å². The highest BCUT2D eigenvalue weighted by molar-refractivity contribution is 9.10. The first-order valence-electron chi connectivity index (χ1n) is 12.9. The number of sulfonamides is 1. The van der Waals surface area contributed by atoms with Crippen molar-refractivity contribution in [3.05, 3.63) is 28.2 Å². The Morgan fingerprint density at radius 1 is 1.17 bits per heavy atom. The van der Waals surface area contributed by atoms with Gasteiger partial charge in [0.15, 0.2) is 14.1 Å². The summed E-state index contributed by atoms with van der Waals surface area (Å²) in [6.45, 7) is 14.4. The topological polar surface area (TPSA) is 102 Å². The molecule has 7 nitrogen and oxygen atoms in total. The fourth-order valence-corrected chi connectivity index (χ4v) is 8.05. The molecule has 0 radical (unpaired) electrons. The van der Waals surface area contributed by atoms with Crippen LogP contribution in [0.15, 0.2) is 27.6 Å². The third-order valence-corrected chi connectivity index (χ3v) is 15.0. The summed E-state index contributed by atoms with van der Waals surface area (Å²) in [5, 5.41) is 2.90. The molecule has 0 aromatic heterocycles. The summed E-state index contributed by atoms with van der Waals surface area (Å²) >= 11 is 3.43. The number of hydrogen-bond acceptors (Lipinski definition) is 5. The Bertz CT molecular complexity index is 1100. The van der Waals surface area contributed by atoms with Crippen LogP contribution in [0.25, 0.3) is 0 Å². The molecular weight excluding hydrogens is 560 g/mol. The summed E-state index contributed by atoms with van der Waals surface area (Å²) in [4.78, 5) is 26.2. The smallest absolute Gasteiger partial charge is 0.240 e. The van der Waals surface area contributed by atoms with Crippen molar-refractivity contribution in [2.45, 2.75) is 108 Å². The van der Waals surface area contributed by atoms with Gasteiger partial charge < -0.3 is 9.74 Å². The van der Waals surface area contributed by atoms with Crippen LogP contribution in [0.5, 0.6) is 0 Å². The van der Waals surface area contributed by atoms with E-state index >= 15 is 0 Å². The lowest BCUT2D eigenvalue weighted by Gasteiger charge is -2.47. The van der Waals surface area contributed by atoms with Gasteiger partial charge in [0.05, 0.1) is 23.0 Å². The highest BCUT2D eigenvalue weighted by atomic mass is 79.9. The van der Waals surface area contributed by atoms with Gasteiger partial charge in [-0.1, -0.05) is 62.9 Å². The van der Waals surface area contributed by atoms with Crippen molar-refractivity contribution < 1.29 is 22.4 Å². The van der Waals surface area contributed by atoms with E-state index in [0.29, 0.717) is 10.0 Å². The van der Waals surface area contributed by atoms with Crippen molar-refractivity contribution in [2.24, 2.45) is 11.8 Å². The van der Waals surface area contributed by atoms with E-state index in [4.69, 9.17) is 4.43 Å². The van der Waals surface area contributed by atoms with E-state index in [-0.39, 0.29) is 39.8 Å². The summed E-state index contributed by atoms with van der Waals surface area (Å²) in [7, 11) is -5.85. The van der Waals surface area contributed by atoms with Gasteiger partial charge in [-0.2, -0.15) is 0 Å². The summed E-state index contributed by atoms with van der Waals surface area (Å²) in [6.07, 6.45) is 4.49. The predicted molar refractivity (Wildman–Crippen MR) is 148 cm³/mol. The van der Waals surface area contributed by atoms with Gasteiger partial charge in [0, 0.05) is 22.0 Å². The number of Topliss-reactive ketones (excluding diaryl/α,β-unsaturated/α-hetero) is 1. The molecule has 0 bridgehead atoms. The molecule has 0 unspecified atom stereocenters. The molecule has 1 aromatic rings. The maximum absolute atomic E-state index is 13.6. The molecule has 1 aromatic carbocycles. The molecule has 3 rings (SSSR count). The molecule has 36 heavy (non-hydrogen) atoms. The zero-order chi connectivity index (χ0) is 27.1. The van der Waals surface area contributed by atoms with E-state index in [2.05, 4.69) is 59.8 Å². The molecule has 1 amide bonds. The van der Waals surface area contributed by atoms with Gasteiger partial charge in [0.25, 0.3) is 0 Å². The standard InChI is InChI=1S/C26H41BrN2O5SSi/c1-16(23-22(25(31)28-23)17(2)34-36(6,7)26(3,4)5)24(30)20-15-19(13-14-21(20)27)35(32,33)29-18-11-9-8-10-12-18/h13-18,22-23,29H,8-12H2,1-7H3,(H,28,31)/t16-,17-,22-,23-/m1/s1. The van der Waals surface area contributed by atoms with Gasteiger partial charge in [-0.15, -0.1) is 0 Å². The predicted octanol–water partition coefficient (Wildman–Crippen LogP) is 5.40. The van der Waals surface area contributed by atoms with Gasteiger partial charge >= 0.3 is 0 Å². The molecule has 202 valence electrons. The van der Waals surface area contributed by atoms with Crippen LogP contribution in [-0.2, 0) is 19.2 Å². The number of carbonyl (C=O) groups excluding carboxylic acids is 2. The Morgan fingerprint density at radius 2 is 1.78 bits per heavy atom. The van der Waals surface area contributed by atoms with E-state index in [1.807, 2.05) is 6.92 Å². The van der Waals surface area contributed by atoms with Crippen LogP contribution in [0.1, 0.15) is 77.1 Å². The van der Waals surface area contributed by atoms with Crippen LogP contribution in [0.3, 0.4) is 0 Å². The first-order chi connectivity index (χ1) is 16.5. The molecule has 10 heteroatoms. The second-order valence-corrected chi connectivity index (χ2v) is 19.2. The van der Waals surface area contributed by atoms with E-state index in [1.165, 1.54) is 12.1 Å². The molecule has 1 aliphatic carbocycles. The lowest BCUT2D eigenvalue weighted by Crippen LogP contribution is -2.66. The molecule has 2 N–H and O–H groups in total. The number of benzene rings is 1. The minimum absolute atomic E-state index is 0.000865. The number of amides is 1. The number of carbonyl (C=O) groups is 2. The summed E-state index contributed by atoms with van der Waals surface area (Å²) in [5.74, 6) is -1.31. The zero-order valence-corrected chi connectivity index (χ0v) is 25.9. The molecule has 1 aliphatic heterocycles. The number of rotatable bonds is 9. The summed E-state index contributed by atoms with van der Waals surface area (Å²) in [5.41, 5.74) is 0.298. The van der Waals surface area contributed by atoms with Crippen LogP contribution in [-0.4, -0.2) is 46.6 Å². The van der Waals surface area contributed by atoms with Gasteiger partial charge in [0.1, 0.15) is 0 Å². The van der Waals surface area contributed by atoms with Gasteiger partial charge in [-0.3, -0.25) is 9.59 Å². The molecule has 1 saturated heterocycles. The van der Waals surface area contributed by atoms with Crippen molar-refractivity contribution >= 4 is 46.0 Å². The maximum Gasteiger partial charge on any atom is 0.240 e. The second kappa shape index (κ2) is 11.0. The van der Waals surface area contributed by atoms with Crippen LogP contribution in [0.4, 0.5) is 0 Å². The molecule has 1 saturated carbocycles. The highest BCUT2D eigenvalue weighted by Gasteiger charge is 2.50. The Kier molecular flexibility index (Phi) is 8.98. The SMILES string of the molecule is C[C@@H](O[Si](C)(C)C(C)(C)C)[C@H]1C(=O)N[C@@H]1[C@@H](C)C(=O)c1cc(S(=O)(=O)NC2CCCCC2)ccc1Br. The van der Waals surface area contributed by atoms with Crippen molar-refractivity contribution in [3.63, 3.8) is 0 Å². The Morgan fingerprint density at radius 3 is 2.33 bits per heavy atom. The van der Waals surface area contributed by atoms with Crippen molar-refractivity contribution in [2.75, 3.05) is 0 Å². The van der Waals surface area contributed by atoms with E-state index in [1.54, 1.807) is 13.0 Å². The fraction of sp³-hybridized carbons (Fsp3) is 0.692. The number of hydrogen-bond donors (Lipinski definition) is 2. The minimum atomic E-state index is -3.75. The van der Waals surface area contributed by atoms with Crippen molar-refractivity contribution in [1.82, 2.24) is 10.0 Å². The third-order valence-electron chi connectivity index (χ3n) is 8.18. The zero-order valence-electron chi connectivity index (χ0n) is 22.5. The highest BCUT2D eigenvalue weighted by Crippen LogP contribution is 2.40. The second-order valence-electron chi connectivity index (χ2n) is 11.9. The van der Waals surface area contributed by atoms with Crippen LogP contribution < -0.4 is 10.0 Å². The molecule has 2 aliphatic rings. The monoisotopic (exact) mass is 600 g/mol. The van der Waals surface area contributed by atoms with Gasteiger partial charge in [-0.25, -0.2) is 13.1 Å². The van der Waals surface area contributed by atoms with Gasteiger partial charge in [-0.05, 0) is 56.1 Å². The average molecular weight is 602 g/mol. The number of β-lactam (4-membered cyclic amide) rings is 1. The average Bonchev–Trinajstić information content (AvgIpc) is 2.75. The minimum Gasteiger partial charge on any atom is -0.413 e. The molecule has 2 fully saturated rings. The molecular formula is C26H41BrN2O5SSi. The third kappa shape index (κ3) is 6.31. The Hall–Kier alpha value is -1.07. The van der Waals surface area contributed by atoms with Crippen molar-refractivity contribution in [3.8, 4) is 0 Å². The fourth-order valence-electron chi connectivity index (χ4n) is 4.85. The maximum atomic E-state index is 13.6. The molecule has 4 atom stereocenters.